The van der Waals surface area contributed by atoms with E-state index in [1.54, 1.807) is 28.8 Å². The third-order valence-electron chi connectivity index (χ3n) is 4.41. The van der Waals surface area contributed by atoms with E-state index in [9.17, 15) is 9.59 Å². The number of para-hydroxylation sites is 1. The van der Waals surface area contributed by atoms with Gasteiger partial charge in [0.2, 0.25) is 5.91 Å². The fourth-order valence-corrected chi connectivity index (χ4v) is 3.55. The Morgan fingerprint density at radius 3 is 2.67 bits per heavy atom. The van der Waals surface area contributed by atoms with Crippen molar-refractivity contribution in [2.24, 2.45) is 12.8 Å². The second-order valence-corrected chi connectivity index (χ2v) is 7.70. The van der Waals surface area contributed by atoms with Crippen molar-refractivity contribution in [2.45, 2.75) is 25.6 Å². The second-order valence-electron chi connectivity index (χ2n) is 6.76. The first kappa shape index (κ1) is 21.4. The lowest BCUT2D eigenvalue weighted by Gasteiger charge is -2.10. The Balaban J connectivity index is 1.57. The topological polar surface area (TPSA) is 112 Å². The first-order valence-corrected chi connectivity index (χ1v) is 10.2. The maximum absolute atomic E-state index is 12.3. The van der Waals surface area contributed by atoms with E-state index in [1.807, 2.05) is 33.0 Å². The molecule has 0 bridgehead atoms. The number of carbonyl (C=O) groups is 2. The van der Waals surface area contributed by atoms with Gasteiger partial charge in [0.05, 0.1) is 17.0 Å². The van der Waals surface area contributed by atoms with Crippen molar-refractivity contribution in [3.63, 3.8) is 0 Å². The molecule has 0 saturated carbocycles. The first-order valence-electron chi connectivity index (χ1n) is 9.25. The van der Waals surface area contributed by atoms with E-state index < -0.39 is 5.91 Å². The third-order valence-corrected chi connectivity index (χ3v) is 5.43. The van der Waals surface area contributed by atoms with Crippen molar-refractivity contribution in [3.05, 3.63) is 65.0 Å². The molecule has 0 aliphatic rings. The fourth-order valence-electron chi connectivity index (χ4n) is 2.82. The van der Waals surface area contributed by atoms with E-state index in [1.165, 1.54) is 17.3 Å². The number of nitrogens with one attached hydrogen (secondary N) is 1. The molecule has 156 valence electrons. The van der Waals surface area contributed by atoms with Gasteiger partial charge in [-0.15, -0.1) is 10.2 Å². The summed E-state index contributed by atoms with van der Waals surface area (Å²) in [6, 6.07) is 12.6. The predicted octanol–water partition coefficient (Wildman–Crippen LogP) is 2.84. The minimum Gasteiger partial charge on any atom is -0.485 e. The fraction of sp³-hybridized carbons (Fsp3) is 0.238. The van der Waals surface area contributed by atoms with Gasteiger partial charge in [-0.2, -0.15) is 0 Å². The molecule has 0 saturated heterocycles. The van der Waals surface area contributed by atoms with E-state index in [0.29, 0.717) is 16.7 Å². The number of ether oxygens (including phenoxy) is 1. The number of hydrogen-bond donors (Lipinski definition) is 2. The largest absolute Gasteiger partial charge is 0.485 e. The normalized spacial score (nSPS) is 10.6. The van der Waals surface area contributed by atoms with Crippen molar-refractivity contribution in [2.75, 3.05) is 11.1 Å². The van der Waals surface area contributed by atoms with Crippen LogP contribution in [-0.4, -0.2) is 32.3 Å². The lowest BCUT2D eigenvalue weighted by molar-refractivity contribution is -0.113. The molecule has 0 spiro atoms. The Morgan fingerprint density at radius 2 is 1.93 bits per heavy atom. The van der Waals surface area contributed by atoms with Gasteiger partial charge in [-0.25, -0.2) is 0 Å². The monoisotopic (exact) mass is 425 g/mol. The van der Waals surface area contributed by atoms with Crippen molar-refractivity contribution in [1.82, 2.24) is 14.8 Å². The number of benzene rings is 2. The number of carbonyl (C=O) groups excluding carboxylic acids is 2. The van der Waals surface area contributed by atoms with E-state index in [4.69, 9.17) is 10.5 Å². The van der Waals surface area contributed by atoms with Gasteiger partial charge in [0.1, 0.15) is 12.4 Å². The number of hydrogen-bond acceptors (Lipinski definition) is 6. The number of aromatic nitrogens is 3. The molecule has 0 atom stereocenters. The molecule has 0 fully saturated rings. The molecule has 2 amide bonds. The Morgan fingerprint density at radius 1 is 1.17 bits per heavy atom. The molecular weight excluding hydrogens is 402 g/mol. The van der Waals surface area contributed by atoms with Crippen LogP contribution < -0.4 is 15.8 Å². The number of primary amides is 1. The van der Waals surface area contributed by atoms with Gasteiger partial charge in [-0.05, 0) is 37.6 Å². The van der Waals surface area contributed by atoms with Gasteiger partial charge in [-0.1, -0.05) is 41.6 Å². The van der Waals surface area contributed by atoms with Crippen molar-refractivity contribution >= 4 is 29.3 Å². The van der Waals surface area contributed by atoms with E-state index in [0.717, 1.165) is 11.3 Å². The SMILES string of the molecule is Cc1ccc(OCc2nnc(SCC(=O)Nc3ccccc3C(N)=O)n2C)c(C)c1. The maximum Gasteiger partial charge on any atom is 0.250 e. The molecule has 8 nitrogen and oxygen atoms in total. The highest BCUT2D eigenvalue weighted by molar-refractivity contribution is 7.99. The van der Waals surface area contributed by atoms with Crippen LogP contribution in [0.15, 0.2) is 47.6 Å². The predicted molar refractivity (Wildman–Crippen MR) is 116 cm³/mol. The van der Waals surface area contributed by atoms with Gasteiger partial charge >= 0.3 is 0 Å². The zero-order valence-electron chi connectivity index (χ0n) is 17.0. The molecule has 0 aliphatic heterocycles. The van der Waals surface area contributed by atoms with Crippen LogP contribution in [0.3, 0.4) is 0 Å². The van der Waals surface area contributed by atoms with Crippen LogP contribution in [0.2, 0.25) is 0 Å². The summed E-state index contributed by atoms with van der Waals surface area (Å²) in [6.45, 7) is 4.30. The third kappa shape index (κ3) is 5.18. The summed E-state index contributed by atoms with van der Waals surface area (Å²) in [7, 11) is 1.82. The lowest BCUT2D eigenvalue weighted by Crippen LogP contribution is -2.19. The molecule has 1 aromatic heterocycles. The number of nitrogens with zero attached hydrogens (tertiary/aromatic N) is 3. The molecule has 0 radical (unpaired) electrons. The number of aryl methyl sites for hydroxylation is 2. The first-order chi connectivity index (χ1) is 14.3. The summed E-state index contributed by atoms with van der Waals surface area (Å²) < 4.78 is 7.65. The Labute approximate surface area is 178 Å². The molecule has 1 heterocycles. The highest BCUT2D eigenvalue weighted by Crippen LogP contribution is 2.21. The molecule has 3 N–H and O–H groups in total. The number of rotatable bonds is 8. The summed E-state index contributed by atoms with van der Waals surface area (Å²) in [6.07, 6.45) is 0. The van der Waals surface area contributed by atoms with Gasteiger partial charge in [0.15, 0.2) is 11.0 Å². The van der Waals surface area contributed by atoms with Gasteiger partial charge in [-0.3, -0.25) is 9.59 Å². The molecule has 0 unspecified atom stereocenters. The molecule has 0 aliphatic carbocycles. The highest BCUT2D eigenvalue weighted by Gasteiger charge is 2.14. The average molecular weight is 426 g/mol. The number of thioether (sulfide) groups is 1. The summed E-state index contributed by atoms with van der Waals surface area (Å²) in [5.41, 5.74) is 8.22. The van der Waals surface area contributed by atoms with E-state index in [2.05, 4.69) is 21.6 Å². The quantitative estimate of drug-likeness (QED) is 0.537. The standard InChI is InChI=1S/C21H23N5O3S/c1-13-8-9-17(14(2)10-13)29-11-18-24-25-21(26(18)3)30-12-19(27)23-16-7-5-4-6-15(16)20(22)28/h4-10H,11-12H2,1-3H3,(H2,22,28)(H,23,27). The second kappa shape index (κ2) is 9.45. The van der Waals surface area contributed by atoms with E-state index >= 15 is 0 Å². The van der Waals surface area contributed by atoms with Crippen LogP contribution in [0.1, 0.15) is 27.3 Å². The van der Waals surface area contributed by atoms with Crippen LogP contribution in [0.5, 0.6) is 5.75 Å². The maximum atomic E-state index is 12.3. The number of nitrogens with two attached hydrogens (primary N) is 1. The van der Waals surface area contributed by atoms with Gasteiger partial charge < -0.3 is 20.4 Å². The van der Waals surface area contributed by atoms with Gasteiger partial charge in [0, 0.05) is 7.05 Å². The molecule has 9 heteroatoms. The van der Waals surface area contributed by atoms with Crippen LogP contribution in [0, 0.1) is 13.8 Å². The Bertz CT molecular complexity index is 1080. The van der Waals surface area contributed by atoms with Crippen LogP contribution in [-0.2, 0) is 18.4 Å². The number of anilines is 1. The Kier molecular flexibility index (Phi) is 6.73. The van der Waals surface area contributed by atoms with E-state index in [-0.39, 0.29) is 23.8 Å². The van der Waals surface area contributed by atoms with Crippen molar-refractivity contribution < 1.29 is 14.3 Å². The molecule has 30 heavy (non-hydrogen) atoms. The Hall–Kier alpha value is -3.33. The lowest BCUT2D eigenvalue weighted by atomic mass is 10.1. The van der Waals surface area contributed by atoms with Crippen molar-refractivity contribution in [1.29, 1.82) is 0 Å². The number of amides is 2. The highest BCUT2D eigenvalue weighted by atomic mass is 32.2. The minimum absolute atomic E-state index is 0.108. The summed E-state index contributed by atoms with van der Waals surface area (Å²) in [5.74, 6) is 0.684. The summed E-state index contributed by atoms with van der Waals surface area (Å²) in [5, 5.41) is 11.6. The molecule has 2 aromatic carbocycles. The van der Waals surface area contributed by atoms with Crippen LogP contribution in [0.25, 0.3) is 0 Å². The smallest absolute Gasteiger partial charge is 0.250 e. The molecular formula is C21H23N5O3S. The zero-order valence-corrected chi connectivity index (χ0v) is 17.8. The van der Waals surface area contributed by atoms with Crippen molar-refractivity contribution in [3.8, 4) is 5.75 Å². The molecule has 3 rings (SSSR count). The van der Waals surface area contributed by atoms with Crippen LogP contribution >= 0.6 is 11.8 Å². The summed E-state index contributed by atoms with van der Waals surface area (Å²) >= 11 is 1.24. The van der Waals surface area contributed by atoms with Crippen LogP contribution in [0.4, 0.5) is 5.69 Å². The molecule has 3 aromatic rings. The summed E-state index contributed by atoms with van der Waals surface area (Å²) in [4.78, 5) is 23.8. The minimum atomic E-state index is -0.597. The van der Waals surface area contributed by atoms with Gasteiger partial charge in [0.25, 0.3) is 5.91 Å². The average Bonchev–Trinajstić information content (AvgIpc) is 3.05. The zero-order chi connectivity index (χ0) is 21.7.